The van der Waals surface area contributed by atoms with Gasteiger partial charge in [0.2, 0.25) is 0 Å². The van der Waals surface area contributed by atoms with Crippen LogP contribution in [0.1, 0.15) is 39.2 Å². The first-order valence-electron chi connectivity index (χ1n) is 8.07. The number of nitrogens with zero attached hydrogens (tertiary/aromatic N) is 2. The summed E-state index contributed by atoms with van der Waals surface area (Å²) in [5.41, 5.74) is 2.46. The minimum Gasteiger partial charge on any atom is -0.371 e. The number of hydrogen-bond acceptors (Lipinski definition) is 3. The number of rotatable bonds is 6. The molecular weight excluding hydrogens is 258 g/mol. The highest BCUT2D eigenvalue weighted by Gasteiger charge is 2.24. The van der Waals surface area contributed by atoms with Gasteiger partial charge in [-0.3, -0.25) is 5.32 Å². The van der Waals surface area contributed by atoms with Crippen LogP contribution in [0.3, 0.4) is 0 Å². The number of benzene rings is 1. The molecule has 1 aromatic carbocycles. The molecular formula is C18H27N3. The van der Waals surface area contributed by atoms with Gasteiger partial charge >= 0.3 is 0 Å². The van der Waals surface area contributed by atoms with E-state index in [0.717, 1.165) is 32.5 Å². The summed E-state index contributed by atoms with van der Waals surface area (Å²) in [5, 5.41) is 12.6. The summed E-state index contributed by atoms with van der Waals surface area (Å²) in [5.74, 6) is 0.705. The molecule has 2 unspecified atom stereocenters. The number of fused-ring (bicyclic) bond motifs is 1. The third-order valence-corrected chi connectivity index (χ3v) is 4.35. The summed E-state index contributed by atoms with van der Waals surface area (Å²) in [6.45, 7) is 9.38. The highest BCUT2D eigenvalue weighted by Crippen LogP contribution is 2.29. The Morgan fingerprint density at radius 2 is 2.19 bits per heavy atom. The molecule has 0 radical (unpaired) electrons. The predicted octanol–water partition coefficient (Wildman–Crippen LogP) is 3.36. The number of nitrogens with one attached hydrogen (secondary N) is 1. The van der Waals surface area contributed by atoms with Crippen LogP contribution in [0, 0.1) is 17.2 Å². The molecule has 0 amide bonds. The summed E-state index contributed by atoms with van der Waals surface area (Å²) < 4.78 is 0. The summed E-state index contributed by atoms with van der Waals surface area (Å²) in [4.78, 5) is 2.49. The summed E-state index contributed by atoms with van der Waals surface area (Å²) >= 11 is 0. The van der Waals surface area contributed by atoms with Gasteiger partial charge in [0.25, 0.3) is 0 Å². The molecule has 0 spiro atoms. The SMILES string of the molecule is CCNC(C)(C#N)CCCN1CC(C)Cc2ccccc21. The van der Waals surface area contributed by atoms with Gasteiger partial charge in [0, 0.05) is 18.8 Å². The number of anilines is 1. The van der Waals surface area contributed by atoms with Crippen molar-refractivity contribution in [3.8, 4) is 6.07 Å². The molecule has 2 rings (SSSR count). The minimum atomic E-state index is -0.393. The van der Waals surface area contributed by atoms with Gasteiger partial charge in [-0.05, 0) is 50.3 Å². The van der Waals surface area contributed by atoms with Crippen molar-refractivity contribution in [1.82, 2.24) is 5.32 Å². The molecule has 1 aromatic rings. The quantitative estimate of drug-likeness (QED) is 0.871. The zero-order valence-corrected chi connectivity index (χ0v) is 13.5. The Morgan fingerprint density at radius 1 is 1.43 bits per heavy atom. The molecule has 2 atom stereocenters. The predicted molar refractivity (Wildman–Crippen MR) is 88.5 cm³/mol. The molecule has 1 N–H and O–H groups in total. The van der Waals surface area contributed by atoms with E-state index in [1.807, 2.05) is 6.92 Å². The standard InChI is InChI=1S/C18H27N3/c1-4-20-18(3,14-19)10-7-11-21-13-15(2)12-16-8-5-6-9-17(16)21/h5-6,8-9,15,20H,4,7,10-13H2,1-3H3. The van der Waals surface area contributed by atoms with Crippen LogP contribution in [0.2, 0.25) is 0 Å². The molecule has 1 aliphatic rings. The fraction of sp³-hybridized carbons (Fsp3) is 0.611. The first-order chi connectivity index (χ1) is 10.1. The number of para-hydroxylation sites is 1. The monoisotopic (exact) mass is 285 g/mol. The molecule has 1 aliphatic heterocycles. The lowest BCUT2D eigenvalue weighted by atomic mass is 9.93. The topological polar surface area (TPSA) is 39.1 Å². The molecule has 0 aliphatic carbocycles. The van der Waals surface area contributed by atoms with Crippen LogP contribution in [0.4, 0.5) is 5.69 Å². The Morgan fingerprint density at radius 3 is 2.90 bits per heavy atom. The summed E-state index contributed by atoms with van der Waals surface area (Å²) in [6.07, 6.45) is 3.11. The van der Waals surface area contributed by atoms with Crippen molar-refractivity contribution in [2.75, 3.05) is 24.5 Å². The first kappa shape index (κ1) is 15.9. The van der Waals surface area contributed by atoms with Crippen LogP contribution in [-0.2, 0) is 6.42 Å². The van der Waals surface area contributed by atoms with E-state index >= 15 is 0 Å². The van der Waals surface area contributed by atoms with Gasteiger partial charge in [0.05, 0.1) is 6.07 Å². The van der Waals surface area contributed by atoms with Gasteiger partial charge in [-0.15, -0.1) is 0 Å². The van der Waals surface area contributed by atoms with E-state index in [1.54, 1.807) is 0 Å². The molecule has 0 aromatic heterocycles. The molecule has 3 heteroatoms. The maximum Gasteiger partial charge on any atom is 0.103 e. The van der Waals surface area contributed by atoms with Crippen LogP contribution in [0.5, 0.6) is 0 Å². The second-order valence-electron chi connectivity index (χ2n) is 6.46. The van der Waals surface area contributed by atoms with Crippen molar-refractivity contribution in [1.29, 1.82) is 5.26 Å². The van der Waals surface area contributed by atoms with Crippen molar-refractivity contribution >= 4 is 5.69 Å². The zero-order chi connectivity index (χ0) is 15.3. The lowest BCUT2D eigenvalue weighted by Crippen LogP contribution is -2.42. The summed E-state index contributed by atoms with van der Waals surface area (Å²) in [6, 6.07) is 11.1. The van der Waals surface area contributed by atoms with Crippen LogP contribution in [-0.4, -0.2) is 25.2 Å². The van der Waals surface area contributed by atoms with Crippen LogP contribution >= 0.6 is 0 Å². The molecule has 1 heterocycles. The van der Waals surface area contributed by atoms with Gasteiger partial charge < -0.3 is 4.90 Å². The highest BCUT2D eigenvalue weighted by atomic mass is 15.1. The van der Waals surface area contributed by atoms with E-state index in [-0.39, 0.29) is 0 Å². The summed E-state index contributed by atoms with van der Waals surface area (Å²) in [7, 11) is 0. The van der Waals surface area contributed by atoms with E-state index in [4.69, 9.17) is 0 Å². The van der Waals surface area contributed by atoms with Crippen molar-refractivity contribution in [2.45, 2.75) is 45.6 Å². The first-order valence-corrected chi connectivity index (χ1v) is 8.07. The molecule has 0 saturated carbocycles. The molecule has 0 fully saturated rings. The fourth-order valence-electron chi connectivity index (χ4n) is 3.32. The van der Waals surface area contributed by atoms with E-state index in [1.165, 1.54) is 17.7 Å². The average molecular weight is 285 g/mol. The van der Waals surface area contributed by atoms with E-state index in [9.17, 15) is 5.26 Å². The Hall–Kier alpha value is -1.53. The molecule has 0 bridgehead atoms. The molecule has 114 valence electrons. The Kier molecular flexibility index (Phi) is 5.25. The Bertz CT molecular complexity index is 505. The van der Waals surface area contributed by atoms with Gasteiger partial charge in [-0.25, -0.2) is 0 Å². The van der Waals surface area contributed by atoms with Gasteiger partial charge in [0.15, 0.2) is 0 Å². The second kappa shape index (κ2) is 6.95. The van der Waals surface area contributed by atoms with Gasteiger partial charge in [0.1, 0.15) is 5.54 Å². The average Bonchev–Trinajstić information content (AvgIpc) is 2.47. The number of nitriles is 1. The van der Waals surface area contributed by atoms with Gasteiger partial charge in [-0.1, -0.05) is 32.0 Å². The van der Waals surface area contributed by atoms with Crippen LogP contribution in [0.25, 0.3) is 0 Å². The molecule has 21 heavy (non-hydrogen) atoms. The second-order valence-corrected chi connectivity index (χ2v) is 6.46. The van der Waals surface area contributed by atoms with Gasteiger partial charge in [-0.2, -0.15) is 5.26 Å². The number of hydrogen-bond donors (Lipinski definition) is 1. The lowest BCUT2D eigenvalue weighted by Gasteiger charge is -2.35. The fourth-order valence-corrected chi connectivity index (χ4v) is 3.32. The lowest BCUT2D eigenvalue weighted by molar-refractivity contribution is 0.412. The van der Waals surface area contributed by atoms with Crippen LogP contribution in [0.15, 0.2) is 24.3 Å². The van der Waals surface area contributed by atoms with Crippen LogP contribution < -0.4 is 10.2 Å². The third kappa shape index (κ3) is 3.98. The largest absolute Gasteiger partial charge is 0.371 e. The van der Waals surface area contributed by atoms with Crippen molar-refractivity contribution in [2.24, 2.45) is 5.92 Å². The zero-order valence-electron chi connectivity index (χ0n) is 13.5. The maximum atomic E-state index is 9.33. The Balaban J connectivity index is 1.96. The molecule has 0 saturated heterocycles. The van der Waals surface area contributed by atoms with Crippen molar-refractivity contribution in [3.05, 3.63) is 29.8 Å². The molecule has 3 nitrogen and oxygen atoms in total. The normalized spacial score (nSPS) is 20.5. The smallest absolute Gasteiger partial charge is 0.103 e. The third-order valence-electron chi connectivity index (χ3n) is 4.35. The van der Waals surface area contributed by atoms with E-state index < -0.39 is 5.54 Å². The van der Waals surface area contributed by atoms with E-state index in [0.29, 0.717) is 5.92 Å². The van der Waals surface area contributed by atoms with E-state index in [2.05, 4.69) is 54.4 Å². The van der Waals surface area contributed by atoms with Crippen molar-refractivity contribution in [3.63, 3.8) is 0 Å². The van der Waals surface area contributed by atoms with Crippen molar-refractivity contribution < 1.29 is 0 Å². The maximum absolute atomic E-state index is 9.33. The minimum absolute atomic E-state index is 0.393. The Labute approximate surface area is 129 Å². The highest BCUT2D eigenvalue weighted by molar-refractivity contribution is 5.55.